The van der Waals surface area contributed by atoms with Gasteiger partial charge in [0.2, 0.25) is 0 Å². The van der Waals surface area contributed by atoms with Crippen LogP contribution < -0.4 is 11.1 Å². The summed E-state index contributed by atoms with van der Waals surface area (Å²) in [6.45, 7) is 6.42. The summed E-state index contributed by atoms with van der Waals surface area (Å²) < 4.78 is 4.66. The summed E-state index contributed by atoms with van der Waals surface area (Å²) in [6, 6.07) is 3.48. The number of nitrogens with one attached hydrogen (secondary N) is 1. The Labute approximate surface area is 114 Å². The maximum absolute atomic E-state index is 11.5. The molecule has 0 spiro atoms. The Balaban J connectivity index is 2.90. The van der Waals surface area contributed by atoms with E-state index in [4.69, 9.17) is 5.73 Å². The van der Waals surface area contributed by atoms with E-state index in [1.807, 2.05) is 0 Å². The normalized spacial score (nSPS) is 12.3. The molecule has 1 unspecified atom stereocenters. The average molecular weight is 265 g/mol. The molecule has 5 heteroatoms. The van der Waals surface area contributed by atoms with Crippen LogP contribution in [0, 0.1) is 5.92 Å². The first-order valence-electron chi connectivity index (χ1n) is 6.64. The van der Waals surface area contributed by atoms with Crippen LogP contribution in [0.25, 0.3) is 0 Å². The van der Waals surface area contributed by atoms with Crippen molar-refractivity contribution in [1.82, 2.24) is 4.98 Å². The lowest BCUT2D eigenvalue weighted by molar-refractivity contribution is 0.0594. The zero-order valence-corrected chi connectivity index (χ0v) is 12.1. The zero-order valence-electron chi connectivity index (χ0n) is 12.1. The van der Waals surface area contributed by atoms with Crippen molar-refractivity contribution in [2.45, 2.75) is 39.7 Å². The van der Waals surface area contributed by atoms with Gasteiger partial charge in [0.05, 0.1) is 12.8 Å². The van der Waals surface area contributed by atoms with Crippen molar-refractivity contribution in [3.8, 4) is 0 Å². The van der Waals surface area contributed by atoms with Crippen LogP contribution in [0.15, 0.2) is 12.1 Å². The number of nitrogens with zero attached hydrogens (tertiary/aromatic N) is 1. The molecule has 0 radical (unpaired) electrons. The number of aromatic nitrogens is 1. The minimum atomic E-state index is -0.460. The lowest BCUT2D eigenvalue weighted by Gasteiger charge is -2.23. The summed E-state index contributed by atoms with van der Waals surface area (Å²) in [4.78, 5) is 15.7. The van der Waals surface area contributed by atoms with Gasteiger partial charge in [0.15, 0.2) is 5.69 Å². The number of pyridine rings is 1. The number of anilines is 2. The predicted octanol–water partition coefficient (Wildman–Crippen LogP) is 2.69. The van der Waals surface area contributed by atoms with Gasteiger partial charge in [0, 0.05) is 6.04 Å². The van der Waals surface area contributed by atoms with E-state index >= 15 is 0 Å². The monoisotopic (exact) mass is 265 g/mol. The van der Waals surface area contributed by atoms with Crippen LogP contribution in [0.3, 0.4) is 0 Å². The van der Waals surface area contributed by atoms with E-state index in [1.165, 1.54) is 7.11 Å². The number of nitrogens with two attached hydrogens (primary N) is 1. The van der Waals surface area contributed by atoms with Crippen molar-refractivity contribution in [3.63, 3.8) is 0 Å². The largest absolute Gasteiger partial charge is 0.464 e. The molecule has 0 saturated heterocycles. The molecule has 0 aliphatic carbocycles. The molecule has 0 amide bonds. The number of esters is 1. The predicted molar refractivity (Wildman–Crippen MR) is 77.1 cm³/mol. The van der Waals surface area contributed by atoms with Crippen LogP contribution in [0.4, 0.5) is 11.5 Å². The topological polar surface area (TPSA) is 77.2 Å². The van der Waals surface area contributed by atoms with Gasteiger partial charge in [-0.05, 0) is 25.0 Å². The van der Waals surface area contributed by atoms with Crippen LogP contribution in [0.2, 0.25) is 0 Å². The molecular formula is C14H23N3O2. The van der Waals surface area contributed by atoms with Gasteiger partial charge in [0.25, 0.3) is 0 Å². The van der Waals surface area contributed by atoms with Gasteiger partial charge < -0.3 is 15.8 Å². The Morgan fingerprint density at radius 2 is 2.05 bits per heavy atom. The highest BCUT2D eigenvalue weighted by atomic mass is 16.5. The van der Waals surface area contributed by atoms with E-state index in [-0.39, 0.29) is 11.7 Å². The average Bonchev–Trinajstić information content (AvgIpc) is 2.41. The molecule has 0 bridgehead atoms. The number of carbonyl (C=O) groups excluding carboxylic acids is 1. The summed E-state index contributed by atoms with van der Waals surface area (Å²) in [5.41, 5.74) is 6.68. The Hall–Kier alpha value is -1.78. The highest BCUT2D eigenvalue weighted by molar-refractivity contribution is 5.88. The lowest BCUT2D eigenvalue weighted by Crippen LogP contribution is -2.26. The highest BCUT2D eigenvalue weighted by Crippen LogP contribution is 2.21. The van der Waals surface area contributed by atoms with E-state index in [0.717, 1.165) is 12.8 Å². The molecule has 5 nitrogen and oxygen atoms in total. The maximum Gasteiger partial charge on any atom is 0.356 e. The lowest BCUT2D eigenvalue weighted by atomic mass is 9.95. The maximum atomic E-state index is 11.5. The summed E-state index contributed by atoms with van der Waals surface area (Å²) >= 11 is 0. The molecule has 1 aromatic rings. The standard InChI is InChI=1S/C14H23N3O2/c1-5-10(6-2)9(3)16-13-11(15)7-8-12(17-13)14(18)19-4/h7-10H,5-6,15H2,1-4H3,(H,16,17). The number of hydrogen-bond acceptors (Lipinski definition) is 5. The van der Waals surface area contributed by atoms with Gasteiger partial charge in [0.1, 0.15) is 5.82 Å². The molecule has 3 N–H and O–H groups in total. The quantitative estimate of drug-likeness (QED) is 0.773. The smallest absolute Gasteiger partial charge is 0.356 e. The van der Waals surface area contributed by atoms with Crippen molar-refractivity contribution in [2.75, 3.05) is 18.2 Å². The van der Waals surface area contributed by atoms with Gasteiger partial charge in [-0.1, -0.05) is 26.7 Å². The Bertz CT molecular complexity index is 431. The highest BCUT2D eigenvalue weighted by Gasteiger charge is 2.16. The van der Waals surface area contributed by atoms with Gasteiger partial charge in [-0.3, -0.25) is 0 Å². The molecule has 0 saturated carbocycles. The van der Waals surface area contributed by atoms with Crippen LogP contribution >= 0.6 is 0 Å². The van der Waals surface area contributed by atoms with Gasteiger partial charge >= 0.3 is 5.97 Å². The number of carbonyl (C=O) groups is 1. The van der Waals surface area contributed by atoms with Crippen molar-refractivity contribution in [3.05, 3.63) is 17.8 Å². The van der Waals surface area contributed by atoms with E-state index < -0.39 is 5.97 Å². The summed E-state index contributed by atoms with van der Waals surface area (Å²) in [5, 5.41) is 3.29. The van der Waals surface area contributed by atoms with Gasteiger partial charge in [-0.15, -0.1) is 0 Å². The number of ether oxygens (including phenoxy) is 1. The fourth-order valence-corrected chi connectivity index (χ4v) is 2.13. The van der Waals surface area contributed by atoms with Crippen molar-refractivity contribution in [2.24, 2.45) is 5.92 Å². The fraction of sp³-hybridized carbons (Fsp3) is 0.571. The third-order valence-corrected chi connectivity index (χ3v) is 3.44. The Morgan fingerprint density at radius 3 is 2.58 bits per heavy atom. The first kappa shape index (κ1) is 15.3. The molecule has 106 valence electrons. The molecule has 0 fully saturated rings. The molecule has 1 rings (SSSR count). The minimum Gasteiger partial charge on any atom is -0.464 e. The first-order chi connectivity index (χ1) is 9.03. The number of rotatable bonds is 6. The second kappa shape index (κ2) is 6.97. The van der Waals surface area contributed by atoms with Crippen LogP contribution in [0.5, 0.6) is 0 Å². The molecule has 19 heavy (non-hydrogen) atoms. The first-order valence-corrected chi connectivity index (χ1v) is 6.64. The summed E-state index contributed by atoms with van der Waals surface area (Å²) in [6.07, 6.45) is 2.17. The third kappa shape index (κ3) is 3.84. The molecule has 1 aromatic heterocycles. The van der Waals surface area contributed by atoms with Crippen LogP contribution in [-0.4, -0.2) is 24.1 Å². The number of hydrogen-bond donors (Lipinski definition) is 2. The van der Waals surface area contributed by atoms with E-state index in [9.17, 15) is 4.79 Å². The molecular weight excluding hydrogens is 242 g/mol. The molecule has 0 aromatic carbocycles. The van der Waals surface area contributed by atoms with E-state index in [1.54, 1.807) is 12.1 Å². The second-order valence-electron chi connectivity index (χ2n) is 4.64. The summed E-state index contributed by atoms with van der Waals surface area (Å²) in [5.74, 6) is 0.628. The van der Waals surface area contributed by atoms with Gasteiger partial charge in [-0.25, -0.2) is 9.78 Å². The molecule has 0 aliphatic heterocycles. The van der Waals surface area contributed by atoms with E-state index in [0.29, 0.717) is 17.4 Å². The second-order valence-corrected chi connectivity index (χ2v) is 4.64. The zero-order chi connectivity index (χ0) is 14.4. The molecule has 1 heterocycles. The summed E-state index contributed by atoms with van der Waals surface area (Å²) in [7, 11) is 1.33. The molecule has 1 atom stereocenters. The van der Waals surface area contributed by atoms with Crippen LogP contribution in [-0.2, 0) is 4.74 Å². The van der Waals surface area contributed by atoms with Crippen LogP contribution in [0.1, 0.15) is 44.1 Å². The fourth-order valence-electron chi connectivity index (χ4n) is 2.13. The Kier molecular flexibility index (Phi) is 5.60. The SMILES string of the molecule is CCC(CC)C(C)Nc1nc(C(=O)OC)ccc1N. The Morgan fingerprint density at radius 1 is 1.42 bits per heavy atom. The van der Waals surface area contributed by atoms with Crippen molar-refractivity contribution < 1.29 is 9.53 Å². The van der Waals surface area contributed by atoms with Crippen molar-refractivity contribution >= 4 is 17.5 Å². The van der Waals surface area contributed by atoms with Crippen molar-refractivity contribution in [1.29, 1.82) is 0 Å². The van der Waals surface area contributed by atoms with Gasteiger partial charge in [-0.2, -0.15) is 0 Å². The third-order valence-electron chi connectivity index (χ3n) is 3.44. The minimum absolute atomic E-state index is 0.248. The molecule has 0 aliphatic rings. The number of methoxy groups -OCH3 is 1. The number of nitrogen functional groups attached to an aromatic ring is 1. The van der Waals surface area contributed by atoms with E-state index in [2.05, 4.69) is 35.8 Å².